The van der Waals surface area contributed by atoms with Gasteiger partial charge in [0.05, 0.1) is 19.1 Å². The number of halogens is 1. The Labute approximate surface area is 175 Å². The van der Waals surface area contributed by atoms with Gasteiger partial charge >= 0.3 is 5.97 Å². The molecule has 2 aliphatic rings. The lowest BCUT2D eigenvalue weighted by Gasteiger charge is -2.33. The largest absolute Gasteiger partial charge is 0.466 e. The van der Waals surface area contributed by atoms with Crippen LogP contribution in [0.3, 0.4) is 0 Å². The standard InChI is InChI=1S/C20H28ClN5O3/c1-3-29-20(28)16-8-10-25(11-9-16)19(27)7-5-15-4-6-18(21)12-17(15)13-26-23-14(2)22-24-26/h4-7,12,15-17,19,27H,3,8-11,13H2,1-2H3/b7-5+. The van der Waals surface area contributed by atoms with E-state index in [9.17, 15) is 9.90 Å². The number of hydrogen-bond donors (Lipinski definition) is 1. The molecule has 29 heavy (non-hydrogen) atoms. The molecule has 1 saturated heterocycles. The van der Waals surface area contributed by atoms with Gasteiger partial charge in [0, 0.05) is 30.0 Å². The van der Waals surface area contributed by atoms with Gasteiger partial charge in [-0.15, -0.1) is 10.2 Å². The number of aliphatic hydroxyl groups is 1. The number of nitrogens with zero attached hydrogens (tertiary/aromatic N) is 5. The number of piperidine rings is 1. The molecule has 1 aromatic heterocycles. The smallest absolute Gasteiger partial charge is 0.309 e. The quantitative estimate of drug-likeness (QED) is 0.532. The highest BCUT2D eigenvalue weighted by molar-refractivity contribution is 6.31. The first-order valence-electron chi connectivity index (χ1n) is 10.0. The second-order valence-electron chi connectivity index (χ2n) is 7.40. The highest BCUT2D eigenvalue weighted by Crippen LogP contribution is 2.28. The number of likely N-dealkylation sites (tertiary alicyclic amines) is 1. The molecule has 2 heterocycles. The van der Waals surface area contributed by atoms with Crippen LogP contribution in [0.15, 0.2) is 35.4 Å². The third-order valence-corrected chi connectivity index (χ3v) is 5.55. The monoisotopic (exact) mass is 421 g/mol. The molecule has 1 fully saturated rings. The fourth-order valence-corrected chi connectivity index (χ4v) is 3.93. The van der Waals surface area contributed by atoms with Gasteiger partial charge < -0.3 is 9.84 Å². The van der Waals surface area contributed by atoms with E-state index in [0.29, 0.717) is 49.9 Å². The zero-order chi connectivity index (χ0) is 20.8. The van der Waals surface area contributed by atoms with E-state index in [1.165, 1.54) is 0 Å². The average molecular weight is 422 g/mol. The van der Waals surface area contributed by atoms with Crippen LogP contribution in [-0.2, 0) is 16.1 Å². The number of ether oxygens (including phenoxy) is 1. The summed E-state index contributed by atoms with van der Waals surface area (Å²) >= 11 is 6.18. The first-order valence-corrected chi connectivity index (χ1v) is 10.4. The van der Waals surface area contributed by atoms with E-state index in [1.54, 1.807) is 17.8 Å². The van der Waals surface area contributed by atoms with Crippen molar-refractivity contribution in [2.75, 3.05) is 19.7 Å². The molecule has 158 valence electrons. The predicted octanol–water partition coefficient (Wildman–Crippen LogP) is 2.06. The van der Waals surface area contributed by atoms with E-state index >= 15 is 0 Å². The van der Waals surface area contributed by atoms with Gasteiger partial charge in [-0.25, -0.2) is 0 Å². The van der Waals surface area contributed by atoms with Crippen molar-refractivity contribution >= 4 is 17.6 Å². The van der Waals surface area contributed by atoms with Crippen LogP contribution >= 0.6 is 11.6 Å². The number of esters is 1. The number of aliphatic hydroxyl groups excluding tert-OH is 1. The number of allylic oxidation sites excluding steroid dienone is 5. The highest BCUT2D eigenvalue weighted by Gasteiger charge is 2.28. The zero-order valence-corrected chi connectivity index (χ0v) is 17.6. The second-order valence-corrected chi connectivity index (χ2v) is 7.84. The van der Waals surface area contributed by atoms with Crippen molar-refractivity contribution < 1.29 is 14.6 Å². The Bertz CT molecular complexity index is 783. The lowest BCUT2D eigenvalue weighted by atomic mass is 9.88. The minimum absolute atomic E-state index is 0.0653. The van der Waals surface area contributed by atoms with Gasteiger partial charge in [0.2, 0.25) is 0 Å². The van der Waals surface area contributed by atoms with Crippen molar-refractivity contribution in [3.05, 3.63) is 41.2 Å². The number of carbonyl (C=O) groups is 1. The molecule has 0 aromatic carbocycles. The molecule has 0 bridgehead atoms. The minimum atomic E-state index is -0.694. The van der Waals surface area contributed by atoms with Crippen LogP contribution in [-0.4, -0.2) is 62.1 Å². The van der Waals surface area contributed by atoms with Crippen LogP contribution in [0.5, 0.6) is 0 Å². The average Bonchev–Trinajstić information content (AvgIpc) is 3.12. The van der Waals surface area contributed by atoms with Gasteiger partial charge in [0.15, 0.2) is 5.82 Å². The Morgan fingerprint density at radius 1 is 1.45 bits per heavy atom. The number of rotatable bonds is 7. The van der Waals surface area contributed by atoms with Crippen LogP contribution in [0.25, 0.3) is 0 Å². The van der Waals surface area contributed by atoms with Crippen LogP contribution in [0.2, 0.25) is 0 Å². The zero-order valence-electron chi connectivity index (χ0n) is 16.8. The summed E-state index contributed by atoms with van der Waals surface area (Å²) < 4.78 is 5.10. The molecule has 9 heteroatoms. The van der Waals surface area contributed by atoms with E-state index in [-0.39, 0.29) is 23.7 Å². The first kappa shape index (κ1) is 21.7. The first-order chi connectivity index (χ1) is 14.0. The van der Waals surface area contributed by atoms with Gasteiger partial charge in [0.25, 0.3) is 0 Å². The summed E-state index contributed by atoms with van der Waals surface area (Å²) in [5, 5.41) is 23.4. The molecule has 1 aliphatic carbocycles. The van der Waals surface area contributed by atoms with Gasteiger partial charge in [-0.3, -0.25) is 9.69 Å². The molecule has 3 rings (SSSR count). The van der Waals surface area contributed by atoms with E-state index in [2.05, 4.69) is 15.4 Å². The van der Waals surface area contributed by atoms with Crippen LogP contribution < -0.4 is 0 Å². The van der Waals surface area contributed by atoms with E-state index in [1.807, 2.05) is 36.1 Å². The van der Waals surface area contributed by atoms with Gasteiger partial charge in [-0.2, -0.15) is 4.80 Å². The Morgan fingerprint density at radius 3 is 2.86 bits per heavy atom. The molecule has 0 spiro atoms. The number of tetrazole rings is 1. The Morgan fingerprint density at radius 2 is 2.21 bits per heavy atom. The molecular weight excluding hydrogens is 394 g/mol. The predicted molar refractivity (Wildman–Crippen MR) is 109 cm³/mol. The fraction of sp³-hybridized carbons (Fsp3) is 0.600. The summed E-state index contributed by atoms with van der Waals surface area (Å²) in [5.74, 6) is 0.557. The number of carbonyl (C=O) groups excluding carboxylic acids is 1. The lowest BCUT2D eigenvalue weighted by Crippen LogP contribution is -2.42. The molecule has 8 nitrogen and oxygen atoms in total. The highest BCUT2D eigenvalue weighted by atomic mass is 35.5. The van der Waals surface area contributed by atoms with Crippen LogP contribution in [0.4, 0.5) is 0 Å². The van der Waals surface area contributed by atoms with Crippen molar-refractivity contribution in [2.45, 2.75) is 39.5 Å². The van der Waals surface area contributed by atoms with E-state index < -0.39 is 6.23 Å². The third-order valence-electron chi connectivity index (χ3n) is 5.30. The summed E-state index contributed by atoms with van der Waals surface area (Å²) in [6.07, 6.45) is 10.4. The second kappa shape index (κ2) is 10.1. The van der Waals surface area contributed by atoms with E-state index in [4.69, 9.17) is 16.3 Å². The van der Waals surface area contributed by atoms with Crippen molar-refractivity contribution in [1.82, 2.24) is 25.1 Å². The van der Waals surface area contributed by atoms with E-state index in [0.717, 1.165) is 0 Å². The third kappa shape index (κ3) is 5.98. The van der Waals surface area contributed by atoms with Crippen molar-refractivity contribution in [2.24, 2.45) is 17.8 Å². The SMILES string of the molecule is CCOC(=O)C1CCN(C(O)/C=C/C2C=CC(Cl)=CC2Cn2nnc(C)n2)CC1. The Balaban J connectivity index is 1.56. The summed E-state index contributed by atoms with van der Waals surface area (Å²) in [5.41, 5.74) is 0. The maximum Gasteiger partial charge on any atom is 0.309 e. The Kier molecular flexibility index (Phi) is 7.57. The molecular formula is C20H28ClN5O3. The molecule has 0 amide bonds. The van der Waals surface area contributed by atoms with Crippen molar-refractivity contribution in [3.8, 4) is 0 Å². The number of aromatic nitrogens is 4. The minimum Gasteiger partial charge on any atom is -0.466 e. The fourth-order valence-electron chi connectivity index (χ4n) is 3.70. The summed E-state index contributed by atoms with van der Waals surface area (Å²) in [6, 6.07) is 0. The molecule has 1 aromatic rings. The normalized spacial score (nSPS) is 24.6. The van der Waals surface area contributed by atoms with Crippen molar-refractivity contribution in [1.29, 1.82) is 0 Å². The molecule has 0 saturated carbocycles. The van der Waals surface area contributed by atoms with Crippen molar-refractivity contribution in [3.63, 3.8) is 0 Å². The van der Waals surface area contributed by atoms with Gasteiger partial charge in [-0.1, -0.05) is 29.8 Å². The summed E-state index contributed by atoms with van der Waals surface area (Å²) in [4.78, 5) is 15.4. The number of hydrogen-bond acceptors (Lipinski definition) is 7. The topological polar surface area (TPSA) is 93.4 Å². The molecule has 1 N–H and O–H groups in total. The molecule has 0 radical (unpaired) electrons. The van der Waals surface area contributed by atoms with Crippen LogP contribution in [0, 0.1) is 24.7 Å². The van der Waals surface area contributed by atoms with Crippen LogP contribution in [0.1, 0.15) is 25.6 Å². The molecule has 1 aliphatic heterocycles. The van der Waals surface area contributed by atoms with Gasteiger partial charge in [-0.05, 0) is 44.1 Å². The summed E-state index contributed by atoms with van der Waals surface area (Å²) in [7, 11) is 0. The lowest BCUT2D eigenvalue weighted by molar-refractivity contribution is -0.150. The van der Waals surface area contributed by atoms with Gasteiger partial charge in [0.1, 0.15) is 6.23 Å². The maximum atomic E-state index is 11.9. The Hall–Kier alpha value is -2.03. The molecule has 3 atom stereocenters. The molecule has 3 unspecified atom stereocenters. The summed E-state index contributed by atoms with van der Waals surface area (Å²) in [6.45, 7) is 5.89. The number of aryl methyl sites for hydroxylation is 1. The maximum absolute atomic E-state index is 11.9.